The van der Waals surface area contributed by atoms with E-state index in [-0.39, 0.29) is 18.7 Å². The number of amides is 2. The van der Waals surface area contributed by atoms with E-state index >= 15 is 0 Å². The van der Waals surface area contributed by atoms with Crippen LogP contribution in [-0.4, -0.2) is 17.7 Å². The van der Waals surface area contributed by atoms with Crippen LogP contribution in [0.15, 0.2) is 54.6 Å². The fourth-order valence-electron chi connectivity index (χ4n) is 2.19. The van der Waals surface area contributed by atoms with Crippen molar-refractivity contribution in [3.8, 4) is 0 Å². The normalized spacial score (nSPS) is 11.7. The van der Waals surface area contributed by atoms with Gasteiger partial charge in [0.05, 0.1) is 6.04 Å². The maximum Gasteiger partial charge on any atom is 0.319 e. The van der Waals surface area contributed by atoms with Crippen molar-refractivity contribution >= 4 is 23.3 Å². The number of anilines is 1. The molecule has 0 aromatic heterocycles. The summed E-state index contributed by atoms with van der Waals surface area (Å²) >= 11 is 5.90. The Kier molecular flexibility index (Phi) is 6.25. The number of carbonyl (C=O) groups excluding carboxylic acids is 1. The van der Waals surface area contributed by atoms with Crippen LogP contribution in [0, 0.1) is 0 Å². The van der Waals surface area contributed by atoms with E-state index in [0.29, 0.717) is 23.6 Å². The summed E-state index contributed by atoms with van der Waals surface area (Å²) in [5.74, 6) is 0. The summed E-state index contributed by atoms with van der Waals surface area (Å²) in [5.41, 5.74) is 1.65. The number of carbonyl (C=O) groups is 1. The summed E-state index contributed by atoms with van der Waals surface area (Å²) in [6.45, 7) is 0.0981. The maximum atomic E-state index is 12.1. The molecule has 116 valence electrons. The van der Waals surface area contributed by atoms with Crippen molar-refractivity contribution < 1.29 is 9.90 Å². The van der Waals surface area contributed by atoms with Crippen LogP contribution in [0.25, 0.3) is 0 Å². The minimum atomic E-state index is -0.297. The number of hydrogen-bond donors (Lipinski definition) is 3. The Morgan fingerprint density at radius 2 is 1.91 bits per heavy atom. The van der Waals surface area contributed by atoms with Crippen LogP contribution in [0.5, 0.6) is 0 Å². The molecule has 0 radical (unpaired) electrons. The van der Waals surface area contributed by atoms with Crippen molar-refractivity contribution in [1.29, 1.82) is 0 Å². The first-order chi connectivity index (χ1) is 10.7. The van der Waals surface area contributed by atoms with Crippen LogP contribution in [0.3, 0.4) is 0 Å². The summed E-state index contributed by atoms with van der Waals surface area (Å²) in [5, 5.41) is 15.3. The predicted octanol–water partition coefficient (Wildman–Crippen LogP) is 3.98. The molecule has 0 spiro atoms. The molecule has 2 rings (SSSR count). The smallest absolute Gasteiger partial charge is 0.319 e. The first-order valence-electron chi connectivity index (χ1n) is 7.18. The molecule has 3 N–H and O–H groups in total. The van der Waals surface area contributed by atoms with E-state index in [1.165, 1.54) is 0 Å². The van der Waals surface area contributed by atoms with Gasteiger partial charge in [-0.15, -0.1) is 0 Å². The second-order valence-electron chi connectivity index (χ2n) is 4.94. The molecule has 1 atom stereocenters. The van der Waals surface area contributed by atoms with Gasteiger partial charge < -0.3 is 15.7 Å². The van der Waals surface area contributed by atoms with Gasteiger partial charge in [-0.3, -0.25) is 0 Å². The number of hydrogen-bond acceptors (Lipinski definition) is 2. The monoisotopic (exact) mass is 318 g/mol. The van der Waals surface area contributed by atoms with E-state index in [4.69, 9.17) is 16.7 Å². The lowest BCUT2D eigenvalue weighted by atomic mass is 10.0. The Balaban J connectivity index is 2.01. The van der Waals surface area contributed by atoms with Crippen molar-refractivity contribution in [3.05, 3.63) is 65.2 Å². The van der Waals surface area contributed by atoms with Gasteiger partial charge >= 0.3 is 6.03 Å². The van der Waals surface area contributed by atoms with E-state index in [0.717, 1.165) is 5.56 Å². The molecule has 0 fully saturated rings. The van der Waals surface area contributed by atoms with Gasteiger partial charge in [0.2, 0.25) is 0 Å². The summed E-state index contributed by atoms with van der Waals surface area (Å²) in [6, 6.07) is 16.2. The van der Waals surface area contributed by atoms with Gasteiger partial charge in [-0.2, -0.15) is 0 Å². The molecule has 0 heterocycles. The number of rotatable bonds is 6. The van der Waals surface area contributed by atoms with Crippen molar-refractivity contribution in [2.24, 2.45) is 0 Å². The molecule has 4 nitrogen and oxygen atoms in total. The second-order valence-corrected chi connectivity index (χ2v) is 5.37. The van der Waals surface area contributed by atoms with Crippen molar-refractivity contribution in [1.82, 2.24) is 5.32 Å². The summed E-state index contributed by atoms with van der Waals surface area (Å²) < 4.78 is 0. The molecular formula is C17H19ClN2O2. The fourth-order valence-corrected chi connectivity index (χ4v) is 2.38. The number of halogens is 1. The number of aliphatic hydroxyl groups is 1. The highest BCUT2D eigenvalue weighted by molar-refractivity contribution is 6.30. The summed E-state index contributed by atoms with van der Waals surface area (Å²) in [6.07, 6.45) is 1.29. The fraction of sp³-hybridized carbons (Fsp3) is 0.235. The van der Waals surface area contributed by atoms with E-state index in [1.807, 2.05) is 30.3 Å². The van der Waals surface area contributed by atoms with E-state index < -0.39 is 0 Å². The molecule has 2 aromatic rings. The Labute approximate surface area is 135 Å². The molecule has 0 aliphatic carbocycles. The van der Waals surface area contributed by atoms with Gasteiger partial charge in [0.15, 0.2) is 0 Å². The lowest BCUT2D eigenvalue weighted by Crippen LogP contribution is -2.32. The van der Waals surface area contributed by atoms with Crippen molar-refractivity contribution in [3.63, 3.8) is 0 Å². The highest BCUT2D eigenvalue weighted by Gasteiger charge is 2.14. The van der Waals surface area contributed by atoms with Crippen LogP contribution < -0.4 is 10.6 Å². The van der Waals surface area contributed by atoms with Crippen molar-refractivity contribution in [2.45, 2.75) is 18.9 Å². The maximum absolute atomic E-state index is 12.1. The Bertz CT molecular complexity index is 605. The largest absolute Gasteiger partial charge is 0.396 e. The van der Waals surface area contributed by atoms with Gasteiger partial charge in [0.1, 0.15) is 0 Å². The highest BCUT2D eigenvalue weighted by atomic mass is 35.5. The van der Waals surface area contributed by atoms with E-state index in [1.54, 1.807) is 24.3 Å². The molecule has 0 saturated heterocycles. The Morgan fingerprint density at radius 1 is 1.14 bits per heavy atom. The average Bonchev–Trinajstić information content (AvgIpc) is 2.52. The zero-order valence-corrected chi connectivity index (χ0v) is 12.9. The molecule has 0 saturated carbocycles. The van der Waals surface area contributed by atoms with Crippen LogP contribution in [0.2, 0.25) is 5.02 Å². The number of nitrogens with one attached hydrogen (secondary N) is 2. The molecule has 2 amide bonds. The first kappa shape index (κ1) is 16.3. The molecule has 0 aliphatic rings. The second kappa shape index (κ2) is 8.41. The number of urea groups is 1. The van der Waals surface area contributed by atoms with Gasteiger partial charge in [-0.25, -0.2) is 4.79 Å². The SMILES string of the molecule is O=C(Nc1cccc(Cl)c1)NC(CCCO)c1ccccc1. The molecule has 0 aliphatic heterocycles. The third kappa shape index (κ3) is 5.06. The molecule has 5 heteroatoms. The Morgan fingerprint density at radius 3 is 2.59 bits per heavy atom. The zero-order valence-electron chi connectivity index (χ0n) is 12.1. The predicted molar refractivity (Wildman–Crippen MR) is 89.1 cm³/mol. The molecule has 1 unspecified atom stereocenters. The minimum Gasteiger partial charge on any atom is -0.396 e. The zero-order chi connectivity index (χ0) is 15.8. The quantitative estimate of drug-likeness (QED) is 0.754. The van der Waals surface area contributed by atoms with Crippen LogP contribution in [0.1, 0.15) is 24.4 Å². The van der Waals surface area contributed by atoms with Crippen LogP contribution in [0.4, 0.5) is 10.5 Å². The first-order valence-corrected chi connectivity index (χ1v) is 7.55. The van der Waals surface area contributed by atoms with Gasteiger partial charge in [-0.05, 0) is 36.6 Å². The van der Waals surface area contributed by atoms with E-state index in [2.05, 4.69) is 10.6 Å². The highest BCUT2D eigenvalue weighted by Crippen LogP contribution is 2.19. The number of aliphatic hydroxyl groups excluding tert-OH is 1. The summed E-state index contributed by atoms with van der Waals surface area (Å²) in [7, 11) is 0. The molecule has 2 aromatic carbocycles. The van der Waals surface area contributed by atoms with E-state index in [9.17, 15) is 4.79 Å². The molecule has 0 bridgehead atoms. The molecular weight excluding hydrogens is 300 g/mol. The molecule has 22 heavy (non-hydrogen) atoms. The third-order valence-corrected chi connectivity index (χ3v) is 3.48. The van der Waals surface area contributed by atoms with Gasteiger partial charge in [-0.1, -0.05) is 48.0 Å². The lowest BCUT2D eigenvalue weighted by Gasteiger charge is -2.19. The average molecular weight is 319 g/mol. The lowest BCUT2D eigenvalue weighted by molar-refractivity contribution is 0.244. The Hall–Kier alpha value is -2.04. The van der Waals surface area contributed by atoms with Gasteiger partial charge in [0, 0.05) is 17.3 Å². The van der Waals surface area contributed by atoms with Crippen LogP contribution >= 0.6 is 11.6 Å². The van der Waals surface area contributed by atoms with Crippen molar-refractivity contribution in [2.75, 3.05) is 11.9 Å². The third-order valence-electron chi connectivity index (χ3n) is 3.24. The minimum absolute atomic E-state index is 0.0981. The topological polar surface area (TPSA) is 61.4 Å². The standard InChI is InChI=1S/C17H19ClN2O2/c18-14-8-4-9-15(12-14)19-17(22)20-16(10-5-11-21)13-6-2-1-3-7-13/h1-4,6-9,12,16,21H,5,10-11H2,(H2,19,20,22). The van der Waals surface area contributed by atoms with Crippen LogP contribution in [-0.2, 0) is 0 Å². The summed E-state index contributed by atoms with van der Waals surface area (Å²) in [4.78, 5) is 12.1. The van der Waals surface area contributed by atoms with Gasteiger partial charge in [0.25, 0.3) is 0 Å². The number of benzene rings is 2.